The summed E-state index contributed by atoms with van der Waals surface area (Å²) >= 11 is 6.63. The van der Waals surface area contributed by atoms with Gasteiger partial charge in [0.2, 0.25) is 0 Å². The summed E-state index contributed by atoms with van der Waals surface area (Å²) in [6.45, 7) is 4.54. The van der Waals surface area contributed by atoms with Gasteiger partial charge in [0.15, 0.2) is 0 Å². The van der Waals surface area contributed by atoms with Crippen molar-refractivity contribution in [3.8, 4) is 0 Å². The average molecular weight is 443 g/mol. The lowest BCUT2D eigenvalue weighted by Crippen LogP contribution is -2.29. The van der Waals surface area contributed by atoms with Crippen LogP contribution in [0.15, 0.2) is 28.0 Å². The lowest BCUT2D eigenvalue weighted by molar-refractivity contribution is -0.122. The van der Waals surface area contributed by atoms with Crippen LogP contribution in [-0.4, -0.2) is 37.1 Å². The molecule has 1 amide bonds. The van der Waals surface area contributed by atoms with Gasteiger partial charge in [-0.25, -0.2) is 4.98 Å². The van der Waals surface area contributed by atoms with E-state index in [4.69, 9.17) is 17.2 Å². The lowest BCUT2D eigenvalue weighted by atomic mass is 9.95. The van der Waals surface area contributed by atoms with E-state index in [1.807, 2.05) is 26.0 Å². The van der Waals surface area contributed by atoms with Gasteiger partial charge in [-0.15, -0.1) is 0 Å². The first kappa shape index (κ1) is 21.1. The third-order valence-electron chi connectivity index (χ3n) is 5.63. The highest BCUT2D eigenvalue weighted by Gasteiger charge is 2.32. The molecule has 0 aromatic carbocycles. The van der Waals surface area contributed by atoms with E-state index in [9.17, 15) is 9.59 Å². The van der Waals surface area contributed by atoms with Crippen LogP contribution in [0.1, 0.15) is 56.6 Å². The zero-order valence-electron chi connectivity index (χ0n) is 17.3. The second kappa shape index (κ2) is 8.89. The lowest BCUT2D eigenvalue weighted by Gasteiger charge is -2.24. The Labute approximate surface area is 185 Å². The number of aromatic nitrogens is 2. The molecule has 3 heterocycles. The van der Waals surface area contributed by atoms with Gasteiger partial charge in [0, 0.05) is 18.8 Å². The van der Waals surface area contributed by atoms with Crippen molar-refractivity contribution in [3.63, 3.8) is 0 Å². The first-order valence-corrected chi connectivity index (χ1v) is 11.8. The number of rotatable bonds is 5. The molecule has 1 aliphatic carbocycles. The number of thioether (sulfide) groups is 1. The van der Waals surface area contributed by atoms with Crippen molar-refractivity contribution in [1.82, 2.24) is 14.3 Å². The zero-order chi connectivity index (χ0) is 21.3. The number of carbonyl (C=O) groups excluding carboxylic acids is 1. The third-order valence-corrected chi connectivity index (χ3v) is 7.00. The Hall–Kier alpha value is -2.19. The molecule has 0 spiro atoms. The number of aryl methyl sites for hydroxylation is 1. The molecule has 1 saturated heterocycles. The highest BCUT2D eigenvalue weighted by Crippen LogP contribution is 2.33. The Bertz CT molecular complexity index is 1090. The molecule has 1 saturated carbocycles. The van der Waals surface area contributed by atoms with Crippen molar-refractivity contribution in [3.05, 3.63) is 44.7 Å². The summed E-state index contributed by atoms with van der Waals surface area (Å²) < 4.78 is 2.10. The minimum atomic E-state index is -0.178. The monoisotopic (exact) mass is 442 g/mol. The molecule has 1 aliphatic heterocycles. The van der Waals surface area contributed by atoms with Gasteiger partial charge in [-0.05, 0) is 43.9 Å². The fourth-order valence-corrected chi connectivity index (χ4v) is 5.33. The highest BCUT2D eigenvalue weighted by atomic mass is 32.2. The van der Waals surface area contributed by atoms with Gasteiger partial charge in [0.1, 0.15) is 15.8 Å². The molecule has 2 aliphatic rings. The molecule has 4 rings (SSSR count). The van der Waals surface area contributed by atoms with Crippen molar-refractivity contribution in [1.29, 1.82) is 0 Å². The maximum Gasteiger partial charge on any atom is 0.267 e. The summed E-state index contributed by atoms with van der Waals surface area (Å²) in [5, 5.41) is 3.51. The van der Waals surface area contributed by atoms with E-state index in [1.165, 1.54) is 31.0 Å². The summed E-state index contributed by atoms with van der Waals surface area (Å²) in [6.07, 6.45) is 9.94. The summed E-state index contributed by atoms with van der Waals surface area (Å²) in [5.74, 6) is 0.422. The normalized spacial score (nSPS) is 19.3. The Morgan fingerprint density at radius 2 is 2.07 bits per heavy atom. The molecule has 0 atom stereocenters. The fourth-order valence-electron chi connectivity index (χ4n) is 4.04. The van der Waals surface area contributed by atoms with E-state index in [-0.39, 0.29) is 11.5 Å². The number of nitrogens with one attached hydrogen (secondary N) is 1. The molecular weight excluding hydrogens is 416 g/mol. The number of fused-ring (bicyclic) bond motifs is 1. The topological polar surface area (TPSA) is 66.7 Å². The molecule has 1 N–H and O–H groups in total. The van der Waals surface area contributed by atoms with Gasteiger partial charge < -0.3 is 5.32 Å². The van der Waals surface area contributed by atoms with Gasteiger partial charge in [-0.1, -0.05) is 56.2 Å². The highest BCUT2D eigenvalue weighted by molar-refractivity contribution is 8.26. The fraction of sp³-hybridized carbons (Fsp3) is 0.455. The second-order valence-electron chi connectivity index (χ2n) is 7.88. The number of nitrogens with zero attached hydrogens (tertiary/aromatic N) is 3. The number of amides is 1. The van der Waals surface area contributed by atoms with E-state index in [0.717, 1.165) is 24.8 Å². The molecule has 30 heavy (non-hydrogen) atoms. The first-order chi connectivity index (χ1) is 14.5. The number of hydrogen-bond acceptors (Lipinski definition) is 6. The molecule has 2 aromatic rings. The quantitative estimate of drug-likeness (QED) is 0.548. The Morgan fingerprint density at radius 3 is 2.80 bits per heavy atom. The van der Waals surface area contributed by atoms with Crippen molar-refractivity contribution in [2.75, 3.05) is 11.9 Å². The van der Waals surface area contributed by atoms with E-state index in [0.29, 0.717) is 38.8 Å². The summed E-state index contributed by atoms with van der Waals surface area (Å²) in [5.41, 5.74) is 1.81. The van der Waals surface area contributed by atoms with Gasteiger partial charge in [-0.2, -0.15) is 0 Å². The first-order valence-electron chi connectivity index (χ1n) is 10.5. The van der Waals surface area contributed by atoms with Crippen molar-refractivity contribution >= 4 is 51.7 Å². The van der Waals surface area contributed by atoms with E-state index in [1.54, 1.807) is 21.6 Å². The van der Waals surface area contributed by atoms with Crippen LogP contribution in [0.3, 0.4) is 0 Å². The number of thiocarbonyl (C=S) groups is 1. The van der Waals surface area contributed by atoms with E-state index in [2.05, 4.69) is 5.32 Å². The number of hydrogen-bond donors (Lipinski definition) is 1. The molecule has 0 radical (unpaired) electrons. The van der Waals surface area contributed by atoms with Gasteiger partial charge in [-0.3, -0.25) is 18.9 Å². The van der Waals surface area contributed by atoms with Crippen LogP contribution in [0.25, 0.3) is 11.7 Å². The summed E-state index contributed by atoms with van der Waals surface area (Å²) in [6, 6.07) is 4.07. The third kappa shape index (κ3) is 4.03. The van der Waals surface area contributed by atoms with Gasteiger partial charge >= 0.3 is 0 Å². The zero-order valence-corrected chi connectivity index (χ0v) is 18.9. The molecule has 2 fully saturated rings. The molecule has 2 aromatic heterocycles. The minimum Gasteiger partial charge on any atom is -0.367 e. The predicted octanol–water partition coefficient (Wildman–Crippen LogP) is 4.36. The molecule has 158 valence electrons. The SMILES string of the molecule is CCCN1C(=O)C(=Cc2c(NC3CCCCC3)nc3c(C)cccn3c2=O)SC1=S. The molecule has 0 unspecified atom stereocenters. The largest absolute Gasteiger partial charge is 0.367 e. The predicted molar refractivity (Wildman–Crippen MR) is 127 cm³/mol. The molecule has 6 nitrogen and oxygen atoms in total. The standard InChI is InChI=1S/C22H26N4O2S2/c1-3-11-26-21(28)17(30-22(26)29)13-16-18(23-15-9-5-4-6-10-15)24-19-14(2)8-7-12-25(19)20(16)27/h7-8,12-13,15,23H,3-6,9-11H2,1-2H3. The van der Waals surface area contributed by atoms with Crippen LogP contribution in [0, 0.1) is 6.92 Å². The second-order valence-corrected chi connectivity index (χ2v) is 9.55. The van der Waals surface area contributed by atoms with Crippen molar-refractivity contribution < 1.29 is 4.79 Å². The van der Waals surface area contributed by atoms with Crippen LogP contribution < -0.4 is 10.9 Å². The van der Waals surface area contributed by atoms with Gasteiger partial charge in [0.05, 0.1) is 10.5 Å². The minimum absolute atomic E-state index is 0.135. The van der Waals surface area contributed by atoms with Crippen molar-refractivity contribution in [2.45, 2.75) is 58.4 Å². The Balaban J connectivity index is 1.82. The van der Waals surface area contributed by atoms with Crippen LogP contribution in [0.5, 0.6) is 0 Å². The molecule has 0 bridgehead atoms. The maximum atomic E-state index is 13.4. The summed E-state index contributed by atoms with van der Waals surface area (Å²) in [7, 11) is 0. The van der Waals surface area contributed by atoms with E-state index < -0.39 is 0 Å². The van der Waals surface area contributed by atoms with Crippen LogP contribution in [-0.2, 0) is 4.79 Å². The van der Waals surface area contributed by atoms with Crippen LogP contribution >= 0.6 is 24.0 Å². The van der Waals surface area contributed by atoms with E-state index >= 15 is 0 Å². The number of carbonyl (C=O) groups is 1. The van der Waals surface area contributed by atoms with Crippen LogP contribution in [0.4, 0.5) is 5.82 Å². The van der Waals surface area contributed by atoms with Crippen LogP contribution in [0.2, 0.25) is 0 Å². The molecule has 8 heteroatoms. The smallest absolute Gasteiger partial charge is 0.267 e. The van der Waals surface area contributed by atoms with Gasteiger partial charge in [0.25, 0.3) is 11.5 Å². The Kier molecular flexibility index (Phi) is 6.24. The Morgan fingerprint density at radius 1 is 1.30 bits per heavy atom. The maximum absolute atomic E-state index is 13.4. The van der Waals surface area contributed by atoms with Crippen molar-refractivity contribution in [2.24, 2.45) is 0 Å². The number of anilines is 1. The summed E-state index contributed by atoms with van der Waals surface area (Å²) in [4.78, 5) is 33.1. The molecular formula is C22H26N4O2S2. The average Bonchev–Trinajstić information content (AvgIpc) is 3.00. The number of pyridine rings is 1.